The Morgan fingerprint density at radius 1 is 1.12 bits per heavy atom. The van der Waals surface area contributed by atoms with Crippen molar-refractivity contribution in [1.82, 2.24) is 15.1 Å². The van der Waals surface area contributed by atoms with E-state index in [-0.39, 0.29) is 36.5 Å². The van der Waals surface area contributed by atoms with E-state index < -0.39 is 41.4 Å². The van der Waals surface area contributed by atoms with Crippen molar-refractivity contribution >= 4 is 11.8 Å². The van der Waals surface area contributed by atoms with E-state index in [1.54, 1.807) is 27.9 Å². The number of nitrogens with zero attached hydrogens (tertiary/aromatic N) is 2. The number of hydrogen-bond donors (Lipinski definition) is 2. The van der Waals surface area contributed by atoms with Gasteiger partial charge in [-0.1, -0.05) is 20.8 Å². The summed E-state index contributed by atoms with van der Waals surface area (Å²) < 4.78 is 24.9. The lowest BCUT2D eigenvalue weighted by Crippen LogP contribution is -2.59. The van der Waals surface area contributed by atoms with E-state index in [1.165, 1.54) is 0 Å². The zero-order chi connectivity index (χ0) is 32.3. The van der Waals surface area contributed by atoms with Crippen LogP contribution in [0.1, 0.15) is 80.6 Å². The van der Waals surface area contributed by atoms with Crippen LogP contribution in [0.3, 0.4) is 0 Å². The van der Waals surface area contributed by atoms with E-state index >= 15 is 0 Å². The molecule has 43 heavy (non-hydrogen) atoms. The van der Waals surface area contributed by atoms with Gasteiger partial charge in [0.1, 0.15) is 18.1 Å². The molecule has 0 aromatic heterocycles. The van der Waals surface area contributed by atoms with Crippen LogP contribution in [0.4, 0.5) is 0 Å². The molecule has 2 aliphatic heterocycles. The minimum absolute atomic E-state index is 0.0613. The third-order valence-corrected chi connectivity index (χ3v) is 10.3. The summed E-state index contributed by atoms with van der Waals surface area (Å²) in [6.07, 6.45) is 1.66. The SMILES string of the molecule is CCCNC1CC(C2COC(=O)C(C)(C)C(=O)C(C)C(O[C@@H]3O[C@H](C)C[C@H](N(C)C)[C@H]3O)C(C)(OC)CC(C)CN2C)C1. The van der Waals surface area contributed by atoms with Gasteiger partial charge in [-0.2, -0.15) is 0 Å². The Kier molecular flexibility index (Phi) is 12.6. The average Bonchev–Trinajstić information content (AvgIpc) is 2.91. The van der Waals surface area contributed by atoms with Gasteiger partial charge in [0.15, 0.2) is 12.1 Å². The predicted molar refractivity (Wildman–Crippen MR) is 167 cm³/mol. The van der Waals surface area contributed by atoms with Crippen molar-refractivity contribution in [2.24, 2.45) is 23.2 Å². The molecule has 10 nitrogen and oxygen atoms in total. The Labute approximate surface area is 260 Å². The number of rotatable bonds is 8. The normalized spacial score (nSPS) is 42.0. The second-order valence-electron chi connectivity index (χ2n) is 14.7. The van der Waals surface area contributed by atoms with Crippen LogP contribution in [-0.4, -0.2) is 123 Å². The molecule has 1 aliphatic carbocycles. The Morgan fingerprint density at radius 2 is 1.77 bits per heavy atom. The second kappa shape index (κ2) is 15.0. The number of carbonyl (C=O) groups excluding carboxylic acids is 2. The molecule has 0 aromatic carbocycles. The number of aliphatic hydroxyl groups is 1. The maximum Gasteiger partial charge on any atom is 0.319 e. The molecule has 3 aliphatic rings. The molecule has 1 saturated carbocycles. The molecule has 3 fully saturated rings. The number of ether oxygens (including phenoxy) is 4. The molecule has 250 valence electrons. The summed E-state index contributed by atoms with van der Waals surface area (Å²) in [4.78, 5) is 32.0. The van der Waals surface area contributed by atoms with E-state index in [1.807, 2.05) is 32.8 Å². The number of methoxy groups -OCH3 is 1. The van der Waals surface area contributed by atoms with Gasteiger partial charge in [-0.15, -0.1) is 0 Å². The van der Waals surface area contributed by atoms with Crippen LogP contribution >= 0.6 is 0 Å². The fourth-order valence-electron chi connectivity index (χ4n) is 7.55. The first-order chi connectivity index (χ1) is 20.0. The van der Waals surface area contributed by atoms with Gasteiger partial charge in [0.2, 0.25) is 0 Å². The fourth-order valence-corrected chi connectivity index (χ4v) is 7.55. The first kappa shape index (κ1) is 36.3. The van der Waals surface area contributed by atoms with Crippen LogP contribution in [0.2, 0.25) is 0 Å². The maximum absolute atomic E-state index is 14.2. The zero-order valence-corrected chi connectivity index (χ0v) is 28.7. The summed E-state index contributed by atoms with van der Waals surface area (Å²) >= 11 is 0. The highest BCUT2D eigenvalue weighted by molar-refractivity contribution is 6.04. The van der Waals surface area contributed by atoms with Crippen LogP contribution in [0.25, 0.3) is 0 Å². The molecule has 10 heteroatoms. The zero-order valence-electron chi connectivity index (χ0n) is 28.7. The smallest absolute Gasteiger partial charge is 0.319 e. The fraction of sp³-hybridized carbons (Fsp3) is 0.939. The quantitative estimate of drug-likeness (QED) is 0.314. The minimum atomic E-state index is -1.39. The lowest BCUT2D eigenvalue weighted by molar-refractivity contribution is -0.295. The number of Topliss-reactive ketones (excluding diaryl/α,β-unsaturated/α-hetero) is 1. The number of cyclic esters (lactones) is 1. The third kappa shape index (κ3) is 8.37. The molecule has 5 unspecified atom stereocenters. The minimum Gasteiger partial charge on any atom is -0.463 e. The molecule has 0 aromatic rings. The molecule has 3 rings (SSSR count). The number of esters is 1. The lowest BCUT2D eigenvalue weighted by Gasteiger charge is -2.47. The third-order valence-electron chi connectivity index (χ3n) is 10.3. The summed E-state index contributed by atoms with van der Waals surface area (Å²) in [6, 6.07) is 0.394. The van der Waals surface area contributed by atoms with Crippen molar-refractivity contribution in [3.8, 4) is 0 Å². The molecule has 0 amide bonds. The molecule has 0 radical (unpaired) electrons. The number of hydrogen-bond acceptors (Lipinski definition) is 10. The predicted octanol–water partition coefficient (Wildman–Crippen LogP) is 3.10. The van der Waals surface area contributed by atoms with E-state index in [9.17, 15) is 14.7 Å². The molecule has 2 saturated heterocycles. The summed E-state index contributed by atoms with van der Waals surface area (Å²) in [5.74, 6) is -0.962. The number of ketones is 1. The van der Waals surface area contributed by atoms with Crippen LogP contribution in [0.15, 0.2) is 0 Å². The Balaban J connectivity index is 1.93. The van der Waals surface area contributed by atoms with Gasteiger partial charge < -0.3 is 34.3 Å². The second-order valence-corrected chi connectivity index (χ2v) is 14.7. The molecular formula is C33H61N3O7. The molecule has 2 heterocycles. The average molecular weight is 612 g/mol. The topological polar surface area (TPSA) is 110 Å². The lowest BCUT2D eigenvalue weighted by atomic mass is 9.74. The van der Waals surface area contributed by atoms with Gasteiger partial charge in [0, 0.05) is 37.7 Å². The Hall–Kier alpha value is -1.14. The Bertz CT molecular complexity index is 926. The Morgan fingerprint density at radius 3 is 2.35 bits per heavy atom. The van der Waals surface area contributed by atoms with Gasteiger partial charge in [0.05, 0.1) is 17.8 Å². The molecular weight excluding hydrogens is 550 g/mol. The molecule has 9 atom stereocenters. The largest absolute Gasteiger partial charge is 0.463 e. The highest BCUT2D eigenvalue weighted by atomic mass is 16.7. The van der Waals surface area contributed by atoms with E-state index in [0.29, 0.717) is 24.8 Å². The standard InChI is InChI=1S/C33H61N3O7/c1-12-13-34-24-15-23(16-24)26-19-41-31(39)32(5,6)28(38)22(4)29(33(7,40-11)17-20(2)18-36(26)10)43-30-27(37)25(35(8)9)14-21(3)42-30/h20-27,29-30,34,37H,12-19H2,1-11H3/t20?,21-,22?,23?,24?,25+,26?,27-,29?,30+,33?/m1/s1. The van der Waals surface area contributed by atoms with Crippen molar-refractivity contribution < 1.29 is 33.6 Å². The van der Waals surface area contributed by atoms with E-state index in [2.05, 4.69) is 31.1 Å². The molecule has 2 N–H and O–H groups in total. The molecule has 0 spiro atoms. The van der Waals surface area contributed by atoms with Crippen LogP contribution in [-0.2, 0) is 28.5 Å². The van der Waals surface area contributed by atoms with Gasteiger partial charge in [-0.05, 0) is 99.3 Å². The van der Waals surface area contributed by atoms with Crippen molar-refractivity contribution in [1.29, 1.82) is 0 Å². The van der Waals surface area contributed by atoms with Crippen molar-refractivity contribution in [3.63, 3.8) is 0 Å². The van der Waals surface area contributed by atoms with Crippen molar-refractivity contribution in [2.75, 3.05) is 47.9 Å². The van der Waals surface area contributed by atoms with Crippen LogP contribution < -0.4 is 5.32 Å². The number of likely N-dealkylation sites (N-methyl/N-ethyl adjacent to an activating group) is 2. The van der Waals surface area contributed by atoms with Gasteiger partial charge >= 0.3 is 5.97 Å². The van der Waals surface area contributed by atoms with Crippen molar-refractivity contribution in [3.05, 3.63) is 0 Å². The molecule has 0 bridgehead atoms. The number of carbonyl (C=O) groups is 2. The van der Waals surface area contributed by atoms with Crippen LogP contribution in [0.5, 0.6) is 0 Å². The number of nitrogens with one attached hydrogen (secondary N) is 1. The van der Waals surface area contributed by atoms with Gasteiger partial charge in [-0.25, -0.2) is 0 Å². The maximum atomic E-state index is 14.2. The van der Waals surface area contributed by atoms with Crippen LogP contribution in [0, 0.1) is 23.2 Å². The first-order valence-electron chi connectivity index (χ1n) is 16.4. The summed E-state index contributed by atoms with van der Waals surface area (Å²) in [7, 11) is 7.61. The van der Waals surface area contributed by atoms with E-state index in [0.717, 1.165) is 32.4 Å². The number of aliphatic hydroxyl groups excluding tert-OH is 1. The summed E-state index contributed by atoms with van der Waals surface area (Å²) in [5, 5.41) is 14.9. The van der Waals surface area contributed by atoms with Crippen molar-refractivity contribution in [2.45, 2.75) is 129 Å². The van der Waals surface area contributed by atoms with Gasteiger partial charge in [0.25, 0.3) is 0 Å². The highest BCUT2D eigenvalue weighted by Gasteiger charge is 2.52. The first-order valence-corrected chi connectivity index (χ1v) is 16.4. The van der Waals surface area contributed by atoms with Gasteiger partial charge in [-0.3, -0.25) is 14.5 Å². The monoisotopic (exact) mass is 611 g/mol. The van der Waals surface area contributed by atoms with E-state index in [4.69, 9.17) is 18.9 Å². The summed E-state index contributed by atoms with van der Waals surface area (Å²) in [6.45, 7) is 15.4. The highest BCUT2D eigenvalue weighted by Crippen LogP contribution is 2.39. The summed E-state index contributed by atoms with van der Waals surface area (Å²) in [5.41, 5.74) is -2.29.